The van der Waals surface area contributed by atoms with E-state index in [1.807, 2.05) is 27.1 Å². The summed E-state index contributed by atoms with van der Waals surface area (Å²) < 4.78 is 6.94. The van der Waals surface area contributed by atoms with Gasteiger partial charge in [0.15, 0.2) is 5.43 Å². The quantitative estimate of drug-likeness (QED) is 0.280. The molecular formula is C26H42N2O3. The van der Waals surface area contributed by atoms with Crippen molar-refractivity contribution in [2.24, 2.45) is 0 Å². The van der Waals surface area contributed by atoms with Gasteiger partial charge in [-0.25, -0.2) is 0 Å². The number of unbranched alkanes of at least 4 members (excludes halogenated alkanes) is 9. The van der Waals surface area contributed by atoms with E-state index in [9.17, 15) is 10.0 Å². The molecule has 174 valence electrons. The molecule has 1 N–H and O–H groups in total. The SMILES string of the molecule is CCCCCCCCCCCCc1c(C)n(O)c2ccc(OCCN(C)C)cc2c1=O. The van der Waals surface area contributed by atoms with E-state index in [0.717, 1.165) is 29.7 Å². The molecule has 1 aromatic carbocycles. The monoisotopic (exact) mass is 430 g/mol. The van der Waals surface area contributed by atoms with Crippen molar-refractivity contribution >= 4 is 10.9 Å². The largest absolute Gasteiger partial charge is 0.492 e. The number of pyridine rings is 1. The van der Waals surface area contributed by atoms with Gasteiger partial charge in [-0.2, -0.15) is 4.73 Å². The first kappa shape index (κ1) is 25.3. The molecule has 0 fully saturated rings. The van der Waals surface area contributed by atoms with Crippen LogP contribution in [0.1, 0.15) is 82.4 Å². The molecule has 0 saturated carbocycles. The minimum atomic E-state index is 0.0202. The number of aromatic nitrogens is 1. The number of rotatable bonds is 15. The van der Waals surface area contributed by atoms with Crippen molar-refractivity contribution in [2.45, 2.75) is 84.5 Å². The Bertz CT molecular complexity index is 858. The van der Waals surface area contributed by atoms with Gasteiger partial charge < -0.3 is 14.8 Å². The number of hydrogen-bond acceptors (Lipinski definition) is 4. The molecule has 2 rings (SSSR count). The van der Waals surface area contributed by atoms with Gasteiger partial charge in [0.1, 0.15) is 12.4 Å². The van der Waals surface area contributed by atoms with E-state index in [1.54, 1.807) is 12.1 Å². The first-order chi connectivity index (χ1) is 15.0. The summed E-state index contributed by atoms with van der Waals surface area (Å²) in [5.74, 6) is 0.667. The van der Waals surface area contributed by atoms with Crippen molar-refractivity contribution in [3.05, 3.63) is 39.7 Å². The zero-order chi connectivity index (χ0) is 22.6. The molecule has 1 heterocycles. The predicted molar refractivity (Wildman–Crippen MR) is 130 cm³/mol. The Morgan fingerprint density at radius 1 is 0.968 bits per heavy atom. The molecule has 0 radical (unpaired) electrons. The van der Waals surface area contributed by atoms with Crippen LogP contribution in [0.2, 0.25) is 0 Å². The summed E-state index contributed by atoms with van der Waals surface area (Å²) in [5.41, 5.74) is 1.93. The summed E-state index contributed by atoms with van der Waals surface area (Å²) in [6.45, 7) is 5.44. The van der Waals surface area contributed by atoms with Gasteiger partial charge in [-0.3, -0.25) is 4.79 Å². The average Bonchev–Trinajstić information content (AvgIpc) is 2.75. The Labute approximate surface area is 188 Å². The second-order valence-electron chi connectivity index (χ2n) is 8.97. The van der Waals surface area contributed by atoms with Crippen molar-refractivity contribution in [1.82, 2.24) is 9.63 Å². The van der Waals surface area contributed by atoms with Gasteiger partial charge in [0.2, 0.25) is 0 Å². The van der Waals surface area contributed by atoms with E-state index in [2.05, 4.69) is 11.8 Å². The third kappa shape index (κ3) is 7.88. The van der Waals surface area contributed by atoms with Crippen LogP contribution < -0.4 is 10.2 Å². The number of likely N-dealkylation sites (N-methyl/N-ethyl adjacent to an activating group) is 1. The Morgan fingerprint density at radius 3 is 2.19 bits per heavy atom. The van der Waals surface area contributed by atoms with E-state index in [4.69, 9.17) is 4.74 Å². The summed E-state index contributed by atoms with van der Waals surface area (Å²) in [5, 5.41) is 11.1. The number of fused-ring (bicyclic) bond motifs is 1. The van der Waals surface area contributed by atoms with Crippen LogP contribution in [0, 0.1) is 6.92 Å². The lowest BCUT2D eigenvalue weighted by molar-refractivity contribution is 0.190. The normalized spacial score (nSPS) is 11.5. The van der Waals surface area contributed by atoms with Gasteiger partial charge in [0.05, 0.1) is 16.6 Å². The molecule has 0 atom stereocenters. The summed E-state index contributed by atoms with van der Waals surface area (Å²) in [4.78, 5) is 15.2. The number of benzene rings is 1. The molecule has 0 unspecified atom stereocenters. The minimum absolute atomic E-state index is 0.0202. The average molecular weight is 431 g/mol. The fraction of sp³-hybridized carbons (Fsp3) is 0.654. The molecule has 1 aromatic heterocycles. The lowest BCUT2D eigenvalue weighted by Crippen LogP contribution is -2.20. The summed E-state index contributed by atoms with van der Waals surface area (Å²) >= 11 is 0. The fourth-order valence-corrected chi connectivity index (χ4v) is 4.04. The smallest absolute Gasteiger partial charge is 0.193 e. The van der Waals surface area contributed by atoms with Crippen LogP contribution in [0.3, 0.4) is 0 Å². The van der Waals surface area contributed by atoms with Crippen LogP contribution in [0.4, 0.5) is 0 Å². The lowest BCUT2D eigenvalue weighted by atomic mass is 10.0. The fourth-order valence-electron chi connectivity index (χ4n) is 4.04. The Kier molecular flexibility index (Phi) is 10.9. The third-order valence-electron chi connectivity index (χ3n) is 6.06. The summed E-state index contributed by atoms with van der Waals surface area (Å²) in [6, 6.07) is 5.34. The van der Waals surface area contributed by atoms with Gasteiger partial charge in [0.25, 0.3) is 0 Å². The van der Waals surface area contributed by atoms with Crippen molar-refractivity contribution in [1.29, 1.82) is 0 Å². The molecule has 0 aliphatic carbocycles. The van der Waals surface area contributed by atoms with Crippen LogP contribution in [-0.4, -0.2) is 42.1 Å². The van der Waals surface area contributed by atoms with Gasteiger partial charge in [-0.1, -0.05) is 64.7 Å². The van der Waals surface area contributed by atoms with Crippen LogP contribution >= 0.6 is 0 Å². The lowest BCUT2D eigenvalue weighted by Gasteiger charge is -2.15. The first-order valence-electron chi connectivity index (χ1n) is 12.1. The number of hydrogen-bond donors (Lipinski definition) is 1. The molecule has 0 aliphatic heterocycles. The van der Waals surface area contributed by atoms with E-state index in [-0.39, 0.29) is 5.43 Å². The third-order valence-corrected chi connectivity index (χ3v) is 6.06. The Morgan fingerprint density at radius 2 is 1.58 bits per heavy atom. The summed E-state index contributed by atoms with van der Waals surface area (Å²) in [7, 11) is 3.99. The number of nitrogens with zero attached hydrogens (tertiary/aromatic N) is 2. The van der Waals surface area contributed by atoms with Gasteiger partial charge >= 0.3 is 0 Å². The highest BCUT2D eigenvalue weighted by Crippen LogP contribution is 2.21. The second kappa shape index (κ2) is 13.4. The molecule has 2 aromatic rings. The van der Waals surface area contributed by atoms with Crippen molar-refractivity contribution in [2.75, 3.05) is 27.2 Å². The molecule has 31 heavy (non-hydrogen) atoms. The highest BCUT2D eigenvalue weighted by Gasteiger charge is 2.14. The molecule has 0 aliphatic rings. The molecule has 0 amide bonds. The van der Waals surface area contributed by atoms with Crippen molar-refractivity contribution < 1.29 is 9.94 Å². The van der Waals surface area contributed by atoms with Gasteiger partial charge in [-0.15, -0.1) is 0 Å². The van der Waals surface area contributed by atoms with E-state index in [1.165, 1.54) is 51.4 Å². The standard InChI is InChI=1S/C26H42N2O3/c1-5-6-7-8-9-10-11-12-13-14-15-23-21(2)28(30)25-17-16-22(20-24(25)26(23)29)31-19-18-27(3)4/h16-17,20,30H,5-15,18-19H2,1-4H3. The zero-order valence-electron chi connectivity index (χ0n) is 20.1. The highest BCUT2D eigenvalue weighted by atomic mass is 16.5. The minimum Gasteiger partial charge on any atom is -0.492 e. The Hall–Kier alpha value is -2.01. The van der Waals surface area contributed by atoms with Crippen molar-refractivity contribution in [3.8, 4) is 5.75 Å². The van der Waals surface area contributed by atoms with Crippen LogP contribution in [-0.2, 0) is 6.42 Å². The van der Waals surface area contributed by atoms with E-state index >= 15 is 0 Å². The van der Waals surface area contributed by atoms with Gasteiger partial charge in [-0.05, 0) is 52.1 Å². The zero-order valence-corrected chi connectivity index (χ0v) is 20.1. The summed E-state index contributed by atoms with van der Waals surface area (Å²) in [6.07, 6.45) is 13.4. The molecule has 0 bridgehead atoms. The maximum absolute atomic E-state index is 13.1. The Balaban J connectivity index is 1.93. The molecule has 5 nitrogen and oxygen atoms in total. The first-order valence-corrected chi connectivity index (χ1v) is 12.1. The molecule has 0 saturated heterocycles. The highest BCUT2D eigenvalue weighted by molar-refractivity contribution is 5.81. The predicted octanol–water partition coefficient (Wildman–Crippen LogP) is 5.95. The second-order valence-corrected chi connectivity index (χ2v) is 8.97. The molecule has 0 spiro atoms. The number of ether oxygens (including phenoxy) is 1. The van der Waals surface area contributed by atoms with E-state index < -0.39 is 0 Å². The maximum Gasteiger partial charge on any atom is 0.193 e. The van der Waals surface area contributed by atoms with Crippen LogP contribution in [0.25, 0.3) is 10.9 Å². The van der Waals surface area contributed by atoms with Crippen LogP contribution in [0.15, 0.2) is 23.0 Å². The molecular weight excluding hydrogens is 388 g/mol. The molecule has 5 heteroatoms. The van der Waals surface area contributed by atoms with Gasteiger partial charge in [0, 0.05) is 12.1 Å². The topological polar surface area (TPSA) is 54.7 Å². The maximum atomic E-state index is 13.1. The van der Waals surface area contributed by atoms with Crippen molar-refractivity contribution in [3.63, 3.8) is 0 Å². The van der Waals surface area contributed by atoms with E-state index in [0.29, 0.717) is 35.4 Å². The van der Waals surface area contributed by atoms with Crippen LogP contribution in [0.5, 0.6) is 5.75 Å².